The molecule has 1 aliphatic rings. The van der Waals surface area contributed by atoms with Crippen LogP contribution in [0.4, 0.5) is 5.69 Å². The van der Waals surface area contributed by atoms with Crippen LogP contribution in [-0.2, 0) is 0 Å². The van der Waals surface area contributed by atoms with E-state index in [4.69, 9.17) is 11.0 Å². The molecule has 1 aliphatic heterocycles. The van der Waals surface area contributed by atoms with Crippen LogP contribution in [-0.4, -0.2) is 19.1 Å². The number of piperidine rings is 1. The third-order valence-corrected chi connectivity index (χ3v) is 4.37. The Morgan fingerprint density at radius 1 is 1.50 bits per heavy atom. The quantitative estimate of drug-likeness (QED) is 0.914. The van der Waals surface area contributed by atoms with E-state index in [1.165, 1.54) is 18.5 Å². The average Bonchev–Trinajstić information content (AvgIpc) is 2.39. The molecule has 0 saturated carbocycles. The summed E-state index contributed by atoms with van der Waals surface area (Å²) in [5, 5.41) is 8.94. The number of halogens is 1. The summed E-state index contributed by atoms with van der Waals surface area (Å²) < 4.78 is 0.865. The largest absolute Gasteiger partial charge is 0.368 e. The molecule has 3 nitrogen and oxygen atoms in total. The zero-order valence-corrected chi connectivity index (χ0v) is 12.2. The van der Waals surface area contributed by atoms with Gasteiger partial charge in [0.05, 0.1) is 5.56 Å². The predicted octanol–water partition coefficient (Wildman–Crippen LogP) is 2.88. The number of benzene rings is 1. The predicted molar refractivity (Wildman–Crippen MR) is 77.4 cm³/mol. The summed E-state index contributed by atoms with van der Waals surface area (Å²) in [6, 6.07) is 8.64. The molecule has 1 fully saturated rings. The smallest absolute Gasteiger partial charge is 0.100 e. The van der Waals surface area contributed by atoms with Gasteiger partial charge in [-0.25, -0.2) is 0 Å². The molecule has 0 aliphatic carbocycles. The Kier molecular flexibility index (Phi) is 4.26. The van der Waals surface area contributed by atoms with Crippen LogP contribution in [0.25, 0.3) is 0 Å². The molecule has 0 amide bonds. The molecule has 1 heterocycles. The van der Waals surface area contributed by atoms with Crippen LogP contribution in [0.5, 0.6) is 0 Å². The Hall–Kier alpha value is -1.05. The van der Waals surface area contributed by atoms with Crippen molar-refractivity contribution in [1.82, 2.24) is 0 Å². The van der Waals surface area contributed by atoms with Gasteiger partial charge in [-0.1, -0.05) is 0 Å². The summed E-state index contributed by atoms with van der Waals surface area (Å²) >= 11 is 3.45. The number of nitriles is 1. The first-order chi connectivity index (χ1) is 8.65. The van der Waals surface area contributed by atoms with Gasteiger partial charge in [-0.15, -0.1) is 0 Å². The summed E-state index contributed by atoms with van der Waals surface area (Å²) in [7, 11) is 0. The lowest BCUT2D eigenvalue weighted by molar-refractivity contribution is 0.374. The van der Waals surface area contributed by atoms with E-state index in [2.05, 4.69) is 33.8 Å². The standard InChI is InChI=1S/C14H18BrN3/c1-10-2-3-11(7-16)9-18(10)13-5-4-12(8-17)14(15)6-13/h4-6,10-11H,2-3,7,9,16H2,1H3. The van der Waals surface area contributed by atoms with E-state index >= 15 is 0 Å². The van der Waals surface area contributed by atoms with Crippen molar-refractivity contribution in [2.45, 2.75) is 25.8 Å². The van der Waals surface area contributed by atoms with Gasteiger partial charge in [0.2, 0.25) is 0 Å². The Morgan fingerprint density at radius 2 is 2.28 bits per heavy atom. The lowest BCUT2D eigenvalue weighted by Gasteiger charge is -2.39. The van der Waals surface area contributed by atoms with Crippen molar-refractivity contribution in [2.24, 2.45) is 11.7 Å². The van der Waals surface area contributed by atoms with E-state index < -0.39 is 0 Å². The monoisotopic (exact) mass is 307 g/mol. The fourth-order valence-corrected chi connectivity index (χ4v) is 2.96. The van der Waals surface area contributed by atoms with Gasteiger partial charge >= 0.3 is 0 Å². The highest BCUT2D eigenvalue weighted by atomic mass is 79.9. The first-order valence-electron chi connectivity index (χ1n) is 6.32. The summed E-state index contributed by atoms with van der Waals surface area (Å²) in [6.45, 7) is 4.01. The summed E-state index contributed by atoms with van der Waals surface area (Å²) in [5.41, 5.74) is 7.64. The van der Waals surface area contributed by atoms with Crippen LogP contribution in [0.1, 0.15) is 25.3 Å². The van der Waals surface area contributed by atoms with E-state index in [1.807, 2.05) is 18.2 Å². The zero-order valence-electron chi connectivity index (χ0n) is 10.6. The fourth-order valence-electron chi connectivity index (χ4n) is 2.51. The van der Waals surface area contributed by atoms with Gasteiger partial charge in [-0.3, -0.25) is 0 Å². The molecule has 0 aromatic heterocycles. The summed E-state index contributed by atoms with van der Waals surface area (Å²) in [5.74, 6) is 0.579. The van der Waals surface area contributed by atoms with Crippen molar-refractivity contribution in [1.29, 1.82) is 5.26 Å². The molecule has 1 saturated heterocycles. The number of hydrogen-bond donors (Lipinski definition) is 1. The van der Waals surface area contributed by atoms with Gasteiger partial charge in [-0.05, 0) is 66.4 Å². The van der Waals surface area contributed by atoms with E-state index in [-0.39, 0.29) is 0 Å². The van der Waals surface area contributed by atoms with Crippen molar-refractivity contribution in [2.75, 3.05) is 18.0 Å². The summed E-state index contributed by atoms with van der Waals surface area (Å²) in [4.78, 5) is 2.40. The SMILES string of the molecule is CC1CCC(CN)CN1c1ccc(C#N)c(Br)c1. The number of nitrogens with two attached hydrogens (primary N) is 1. The van der Waals surface area contributed by atoms with Gasteiger partial charge in [0.15, 0.2) is 0 Å². The van der Waals surface area contributed by atoms with Crippen LogP contribution in [0.15, 0.2) is 22.7 Å². The van der Waals surface area contributed by atoms with Gasteiger partial charge in [0.1, 0.15) is 6.07 Å². The van der Waals surface area contributed by atoms with Gasteiger partial charge in [-0.2, -0.15) is 5.26 Å². The molecule has 4 heteroatoms. The third kappa shape index (κ3) is 2.68. The van der Waals surface area contributed by atoms with E-state index in [1.54, 1.807) is 0 Å². The maximum Gasteiger partial charge on any atom is 0.100 e. The van der Waals surface area contributed by atoms with E-state index in [9.17, 15) is 0 Å². The van der Waals surface area contributed by atoms with Crippen molar-refractivity contribution in [3.05, 3.63) is 28.2 Å². The highest BCUT2D eigenvalue weighted by Crippen LogP contribution is 2.30. The highest BCUT2D eigenvalue weighted by molar-refractivity contribution is 9.10. The van der Waals surface area contributed by atoms with E-state index in [0.29, 0.717) is 17.5 Å². The first kappa shape index (κ1) is 13.4. The number of rotatable bonds is 2. The fraction of sp³-hybridized carbons (Fsp3) is 0.500. The molecule has 2 atom stereocenters. The molecular weight excluding hydrogens is 290 g/mol. The van der Waals surface area contributed by atoms with Gasteiger partial charge < -0.3 is 10.6 Å². The molecule has 2 unspecified atom stereocenters. The van der Waals surface area contributed by atoms with E-state index in [0.717, 1.165) is 17.6 Å². The Balaban J connectivity index is 2.24. The molecule has 1 aromatic carbocycles. The number of hydrogen-bond acceptors (Lipinski definition) is 3. The second-order valence-corrected chi connectivity index (χ2v) is 5.81. The maximum atomic E-state index is 8.94. The maximum absolute atomic E-state index is 8.94. The molecular formula is C14H18BrN3. The number of nitrogens with zero attached hydrogens (tertiary/aromatic N) is 2. The molecule has 96 valence electrons. The molecule has 2 N–H and O–H groups in total. The van der Waals surface area contributed by atoms with Crippen LogP contribution in [0, 0.1) is 17.2 Å². The molecule has 2 rings (SSSR count). The highest BCUT2D eigenvalue weighted by Gasteiger charge is 2.25. The molecule has 0 radical (unpaired) electrons. The van der Waals surface area contributed by atoms with Crippen molar-refractivity contribution < 1.29 is 0 Å². The van der Waals surface area contributed by atoms with Crippen LogP contribution < -0.4 is 10.6 Å². The third-order valence-electron chi connectivity index (χ3n) is 3.72. The topological polar surface area (TPSA) is 53.0 Å². The minimum Gasteiger partial charge on any atom is -0.368 e. The van der Waals surface area contributed by atoms with Gasteiger partial charge in [0.25, 0.3) is 0 Å². The van der Waals surface area contributed by atoms with Gasteiger partial charge in [0, 0.05) is 22.7 Å². The molecule has 18 heavy (non-hydrogen) atoms. The Morgan fingerprint density at radius 3 is 2.89 bits per heavy atom. The normalized spacial score (nSPS) is 23.8. The Bertz CT molecular complexity index is 467. The minimum absolute atomic E-state index is 0.535. The molecule has 1 aromatic rings. The summed E-state index contributed by atoms with van der Waals surface area (Å²) in [6.07, 6.45) is 2.39. The van der Waals surface area contributed by atoms with Crippen molar-refractivity contribution in [3.63, 3.8) is 0 Å². The minimum atomic E-state index is 0.535. The van der Waals surface area contributed by atoms with Crippen LogP contribution >= 0.6 is 15.9 Å². The molecule has 0 bridgehead atoms. The lowest BCUT2D eigenvalue weighted by Crippen LogP contribution is -2.43. The van der Waals surface area contributed by atoms with Crippen molar-refractivity contribution in [3.8, 4) is 6.07 Å². The molecule has 0 spiro atoms. The van der Waals surface area contributed by atoms with Crippen LogP contribution in [0.3, 0.4) is 0 Å². The van der Waals surface area contributed by atoms with Crippen molar-refractivity contribution >= 4 is 21.6 Å². The second-order valence-electron chi connectivity index (χ2n) is 4.96. The average molecular weight is 308 g/mol. The Labute approximate surface area is 117 Å². The lowest BCUT2D eigenvalue weighted by atomic mass is 9.93. The zero-order chi connectivity index (χ0) is 13.1. The number of anilines is 1. The second kappa shape index (κ2) is 5.73. The first-order valence-corrected chi connectivity index (χ1v) is 7.11. The van der Waals surface area contributed by atoms with Crippen LogP contribution in [0.2, 0.25) is 0 Å².